The zero-order valence-electron chi connectivity index (χ0n) is 23.4. The van der Waals surface area contributed by atoms with E-state index in [1.165, 1.54) is 6.92 Å². The summed E-state index contributed by atoms with van der Waals surface area (Å²) in [7, 11) is 0. The number of hydrogen-bond acceptors (Lipinski definition) is 10. The number of carbonyl (C=O) groups excluding carboxylic acids is 4. The second-order valence-electron chi connectivity index (χ2n) is 10.9. The van der Waals surface area contributed by atoms with Crippen molar-refractivity contribution in [1.29, 1.82) is 0 Å². The molecule has 2 amide bonds. The van der Waals surface area contributed by atoms with Crippen molar-refractivity contribution >= 4 is 46.3 Å². The molecule has 2 aliphatic rings. The van der Waals surface area contributed by atoms with Gasteiger partial charge in [0.2, 0.25) is 11.8 Å². The van der Waals surface area contributed by atoms with Gasteiger partial charge < -0.3 is 39.8 Å². The van der Waals surface area contributed by atoms with Gasteiger partial charge in [-0.25, -0.2) is 4.79 Å². The van der Waals surface area contributed by atoms with Gasteiger partial charge in [0, 0.05) is 22.0 Å². The Balaban J connectivity index is 1.64. The molecule has 1 aromatic rings. The first-order chi connectivity index (χ1) is 19.3. The van der Waals surface area contributed by atoms with E-state index in [1.807, 2.05) is 6.07 Å². The number of benzene rings is 1. The zero-order valence-corrected chi connectivity index (χ0v) is 25.6. The van der Waals surface area contributed by atoms with Crippen LogP contribution in [0.3, 0.4) is 0 Å². The van der Waals surface area contributed by atoms with E-state index in [4.69, 9.17) is 18.9 Å². The Hall–Kier alpha value is -2.59. The maximum absolute atomic E-state index is 13.2. The fourth-order valence-electron chi connectivity index (χ4n) is 4.37. The van der Waals surface area contributed by atoms with Gasteiger partial charge in [0.15, 0.2) is 0 Å². The third-order valence-electron chi connectivity index (χ3n) is 6.34. The van der Waals surface area contributed by atoms with Crippen LogP contribution in [-0.2, 0) is 33.3 Å². The van der Waals surface area contributed by atoms with Gasteiger partial charge >= 0.3 is 11.9 Å². The van der Waals surface area contributed by atoms with Crippen LogP contribution in [0.15, 0.2) is 35.9 Å². The van der Waals surface area contributed by atoms with Crippen LogP contribution in [0.4, 0.5) is 0 Å². The lowest BCUT2D eigenvalue weighted by atomic mass is 9.91. The van der Waals surface area contributed by atoms with Crippen molar-refractivity contribution in [3.05, 3.63) is 45.0 Å². The summed E-state index contributed by atoms with van der Waals surface area (Å²) in [6.07, 6.45) is -1.78. The van der Waals surface area contributed by atoms with Crippen LogP contribution in [0.1, 0.15) is 57.3 Å². The Morgan fingerprint density at radius 3 is 2.54 bits per heavy atom. The van der Waals surface area contributed by atoms with E-state index in [1.54, 1.807) is 45.0 Å². The van der Waals surface area contributed by atoms with Gasteiger partial charge in [-0.05, 0) is 81.0 Å². The second-order valence-corrected chi connectivity index (χ2v) is 12.2. The Morgan fingerprint density at radius 2 is 1.90 bits per heavy atom. The molecule has 1 aromatic carbocycles. The highest BCUT2D eigenvalue weighted by Gasteiger charge is 2.43. The molecule has 1 aliphatic carbocycles. The number of esters is 2. The van der Waals surface area contributed by atoms with Crippen LogP contribution in [0.5, 0.6) is 0 Å². The molecule has 1 fully saturated rings. The fourth-order valence-corrected chi connectivity index (χ4v) is 4.91. The van der Waals surface area contributed by atoms with E-state index >= 15 is 0 Å². The van der Waals surface area contributed by atoms with Crippen LogP contribution in [0.2, 0.25) is 0 Å². The first-order valence-corrected chi connectivity index (χ1v) is 14.4. The molecule has 1 aliphatic heterocycles. The van der Waals surface area contributed by atoms with Gasteiger partial charge in [-0.3, -0.25) is 14.4 Å². The second kappa shape index (κ2) is 14.5. The summed E-state index contributed by atoms with van der Waals surface area (Å²) in [4.78, 5) is 51.0. The molecule has 1 saturated heterocycles. The molecular weight excluding hydrogens is 651 g/mol. The molecule has 0 unspecified atom stereocenters. The summed E-state index contributed by atoms with van der Waals surface area (Å²) in [5.74, 6) is -2.46. The van der Waals surface area contributed by atoms with E-state index in [0.717, 1.165) is 3.57 Å². The molecule has 0 bridgehead atoms. The molecule has 41 heavy (non-hydrogen) atoms. The minimum atomic E-state index is -1.37. The summed E-state index contributed by atoms with van der Waals surface area (Å²) in [5, 5.41) is 25.1. The third-order valence-corrected chi connectivity index (χ3v) is 7.01. The first kappa shape index (κ1) is 32.9. The lowest BCUT2D eigenvalue weighted by Gasteiger charge is -2.31. The topological polar surface area (TPSA) is 170 Å². The normalized spacial score (nSPS) is 22.4. The first-order valence-electron chi connectivity index (χ1n) is 13.3. The average Bonchev–Trinajstić information content (AvgIpc) is 3.37. The predicted molar refractivity (Wildman–Crippen MR) is 153 cm³/mol. The van der Waals surface area contributed by atoms with Gasteiger partial charge in [-0.15, -0.1) is 0 Å². The molecule has 0 radical (unpaired) electrons. The van der Waals surface area contributed by atoms with Crippen LogP contribution < -0.4 is 10.6 Å². The van der Waals surface area contributed by atoms with E-state index in [-0.39, 0.29) is 31.6 Å². The summed E-state index contributed by atoms with van der Waals surface area (Å²) >= 11 is 2.09. The monoisotopic (exact) mass is 688 g/mol. The van der Waals surface area contributed by atoms with Crippen molar-refractivity contribution in [2.24, 2.45) is 0 Å². The van der Waals surface area contributed by atoms with Crippen LogP contribution in [-0.4, -0.2) is 89.5 Å². The SMILES string of the molecule is C[C@H](O)[C@@H](NC(=O)C1=C[C@H]2OCO[C@H]2[C@H](OC(=O)c2cccc(I)c2)C1)C(=O)N[C@H](CO)CCC(=O)OC(C)(C)C. The number of rotatable bonds is 11. The molecule has 0 spiro atoms. The van der Waals surface area contributed by atoms with E-state index in [2.05, 4.69) is 33.2 Å². The Bertz CT molecular complexity index is 1150. The molecule has 226 valence electrons. The summed E-state index contributed by atoms with van der Waals surface area (Å²) in [5.41, 5.74) is -0.124. The minimum absolute atomic E-state index is 0.00464. The van der Waals surface area contributed by atoms with Crippen LogP contribution >= 0.6 is 22.6 Å². The average molecular weight is 689 g/mol. The molecule has 6 atom stereocenters. The van der Waals surface area contributed by atoms with Crippen molar-refractivity contribution in [3.8, 4) is 0 Å². The zero-order chi connectivity index (χ0) is 30.3. The number of amides is 2. The van der Waals surface area contributed by atoms with E-state index in [9.17, 15) is 29.4 Å². The number of fused-ring (bicyclic) bond motifs is 1. The predicted octanol–water partition coefficient (Wildman–Crippen LogP) is 1.35. The van der Waals surface area contributed by atoms with Crippen LogP contribution in [0, 0.1) is 3.57 Å². The molecular formula is C28H37IN2O10. The number of aliphatic hydroxyl groups is 2. The van der Waals surface area contributed by atoms with Gasteiger partial charge in [0.1, 0.15) is 36.7 Å². The third kappa shape index (κ3) is 9.74. The van der Waals surface area contributed by atoms with Gasteiger partial charge in [-0.2, -0.15) is 0 Å². The number of carbonyl (C=O) groups is 4. The summed E-state index contributed by atoms with van der Waals surface area (Å²) in [6.45, 7) is 6.03. The quantitative estimate of drug-likeness (QED) is 0.197. The highest BCUT2D eigenvalue weighted by Crippen LogP contribution is 2.31. The molecule has 0 saturated carbocycles. The Morgan fingerprint density at radius 1 is 1.17 bits per heavy atom. The molecule has 12 nitrogen and oxygen atoms in total. The molecule has 3 rings (SSSR count). The summed E-state index contributed by atoms with van der Waals surface area (Å²) < 4.78 is 23.0. The molecule has 0 aromatic heterocycles. The van der Waals surface area contributed by atoms with Crippen molar-refractivity contribution in [1.82, 2.24) is 10.6 Å². The van der Waals surface area contributed by atoms with Crippen molar-refractivity contribution in [3.63, 3.8) is 0 Å². The lowest BCUT2D eigenvalue weighted by Crippen LogP contribution is -2.55. The lowest BCUT2D eigenvalue weighted by molar-refractivity contribution is -0.155. The Labute approximate surface area is 252 Å². The Kier molecular flexibility index (Phi) is 11.7. The maximum Gasteiger partial charge on any atom is 0.338 e. The number of aliphatic hydroxyl groups excluding tert-OH is 2. The van der Waals surface area contributed by atoms with E-state index in [0.29, 0.717) is 5.56 Å². The smallest absolute Gasteiger partial charge is 0.338 e. The summed E-state index contributed by atoms with van der Waals surface area (Å²) in [6, 6.07) is 4.69. The van der Waals surface area contributed by atoms with Gasteiger partial charge in [-0.1, -0.05) is 6.07 Å². The fraction of sp³-hybridized carbons (Fsp3) is 0.571. The van der Waals surface area contributed by atoms with Crippen LogP contribution in [0.25, 0.3) is 0 Å². The van der Waals surface area contributed by atoms with Gasteiger partial charge in [0.05, 0.1) is 24.3 Å². The number of hydrogen-bond donors (Lipinski definition) is 4. The molecule has 13 heteroatoms. The highest BCUT2D eigenvalue weighted by molar-refractivity contribution is 14.1. The van der Waals surface area contributed by atoms with Crippen molar-refractivity contribution in [2.75, 3.05) is 13.4 Å². The van der Waals surface area contributed by atoms with E-state index < -0.39 is 72.5 Å². The maximum atomic E-state index is 13.2. The highest BCUT2D eigenvalue weighted by atomic mass is 127. The van der Waals surface area contributed by atoms with Crippen molar-refractivity contribution in [2.45, 2.75) is 89.1 Å². The minimum Gasteiger partial charge on any atom is -0.460 e. The largest absolute Gasteiger partial charge is 0.460 e. The van der Waals surface area contributed by atoms with Crippen molar-refractivity contribution < 1.29 is 48.3 Å². The number of ether oxygens (including phenoxy) is 4. The van der Waals surface area contributed by atoms with Gasteiger partial charge in [0.25, 0.3) is 0 Å². The number of nitrogens with one attached hydrogen (secondary N) is 2. The molecule has 4 N–H and O–H groups in total. The molecule has 1 heterocycles. The number of halogens is 1. The standard InChI is InChI=1S/C28H37IN2O10/c1-15(33)23(26(36)30-19(13-32)8-9-22(34)41-28(2,3)4)31-25(35)17-11-20-24(39-14-38-20)21(12-17)40-27(37)16-6-5-7-18(29)10-16/h5-7,10-11,15,19-21,23-24,32-33H,8-9,12-14H2,1-4H3,(H,30,36)(H,31,35)/t15-,19-,20+,21+,23+,24+/m0/s1.